The van der Waals surface area contributed by atoms with Gasteiger partial charge in [-0.25, -0.2) is 0 Å². The quantitative estimate of drug-likeness (QED) is 0.284. The minimum atomic E-state index is -0.155. The molecule has 5 rings (SSSR count). The van der Waals surface area contributed by atoms with Gasteiger partial charge in [0.1, 0.15) is 0 Å². The van der Waals surface area contributed by atoms with Gasteiger partial charge in [-0.15, -0.1) is 10.2 Å². The third kappa shape index (κ3) is 6.43. The van der Waals surface area contributed by atoms with Gasteiger partial charge in [0.15, 0.2) is 0 Å². The molecule has 10 heteroatoms. The summed E-state index contributed by atoms with van der Waals surface area (Å²) >= 11 is 4.63. The first-order valence-corrected chi connectivity index (χ1v) is 14.0. The van der Waals surface area contributed by atoms with E-state index in [-0.39, 0.29) is 17.6 Å². The van der Waals surface area contributed by atoms with Crippen molar-refractivity contribution in [1.82, 2.24) is 15.1 Å². The molecular formula is C28H26BrN5O3S. The van der Waals surface area contributed by atoms with E-state index in [1.54, 1.807) is 0 Å². The van der Waals surface area contributed by atoms with Gasteiger partial charge in [-0.3, -0.25) is 9.59 Å². The fourth-order valence-electron chi connectivity index (χ4n) is 4.21. The highest BCUT2D eigenvalue weighted by Crippen LogP contribution is 2.25. The number of hydrogen-bond donors (Lipinski definition) is 1. The Morgan fingerprint density at radius 1 is 0.974 bits per heavy atom. The molecule has 1 fully saturated rings. The lowest BCUT2D eigenvalue weighted by molar-refractivity contribution is -0.113. The van der Waals surface area contributed by atoms with Gasteiger partial charge in [-0.05, 0) is 61.5 Å². The molecule has 2 heterocycles. The molecule has 8 nitrogen and oxygen atoms in total. The monoisotopic (exact) mass is 591 g/mol. The summed E-state index contributed by atoms with van der Waals surface area (Å²) in [7, 11) is 0. The van der Waals surface area contributed by atoms with Crippen molar-refractivity contribution in [3.05, 3.63) is 88.4 Å². The van der Waals surface area contributed by atoms with Crippen LogP contribution in [0.25, 0.3) is 11.5 Å². The Morgan fingerprint density at radius 3 is 2.47 bits per heavy atom. The number of nitrogens with zero attached hydrogens (tertiary/aromatic N) is 4. The first-order valence-electron chi connectivity index (χ1n) is 12.2. The first kappa shape index (κ1) is 26.0. The zero-order valence-electron chi connectivity index (χ0n) is 20.8. The molecule has 4 aromatic rings. The molecule has 0 spiro atoms. The Bertz CT molecular complexity index is 1430. The third-order valence-corrected chi connectivity index (χ3v) is 7.46. The smallest absolute Gasteiger partial charge is 0.277 e. The number of amides is 2. The Kier molecular flexibility index (Phi) is 8.09. The molecule has 0 atom stereocenters. The average Bonchev–Trinajstić information content (AvgIpc) is 3.41. The van der Waals surface area contributed by atoms with Crippen LogP contribution in [0, 0.1) is 6.92 Å². The largest absolute Gasteiger partial charge is 0.411 e. The van der Waals surface area contributed by atoms with E-state index in [2.05, 4.69) is 36.3 Å². The number of halogens is 1. The predicted molar refractivity (Wildman–Crippen MR) is 153 cm³/mol. The van der Waals surface area contributed by atoms with Gasteiger partial charge in [-0.2, -0.15) is 0 Å². The Morgan fingerprint density at radius 2 is 1.74 bits per heavy atom. The van der Waals surface area contributed by atoms with Gasteiger partial charge in [0, 0.05) is 53.2 Å². The van der Waals surface area contributed by atoms with Crippen molar-refractivity contribution >= 4 is 50.9 Å². The molecular weight excluding hydrogens is 566 g/mol. The van der Waals surface area contributed by atoms with Crippen LogP contribution in [0.15, 0.2) is 86.9 Å². The number of carbonyl (C=O) groups excluding carboxylic acids is 2. The molecule has 3 aromatic carbocycles. The number of benzene rings is 3. The van der Waals surface area contributed by atoms with E-state index in [0.29, 0.717) is 35.5 Å². The summed E-state index contributed by atoms with van der Waals surface area (Å²) in [6.45, 7) is 4.80. The van der Waals surface area contributed by atoms with Crippen LogP contribution in [-0.4, -0.2) is 58.8 Å². The van der Waals surface area contributed by atoms with Gasteiger partial charge >= 0.3 is 0 Å². The summed E-state index contributed by atoms with van der Waals surface area (Å²) < 4.78 is 6.59. The second-order valence-corrected chi connectivity index (χ2v) is 10.8. The lowest BCUT2D eigenvalue weighted by atomic mass is 10.1. The highest BCUT2D eigenvalue weighted by atomic mass is 79.9. The third-order valence-electron chi connectivity index (χ3n) is 6.15. The Hall–Kier alpha value is -3.63. The van der Waals surface area contributed by atoms with E-state index in [9.17, 15) is 9.59 Å². The number of nitrogens with one attached hydrogen (secondary N) is 1. The van der Waals surface area contributed by atoms with Crippen molar-refractivity contribution in [2.45, 2.75) is 12.1 Å². The molecule has 38 heavy (non-hydrogen) atoms. The number of thioether (sulfide) groups is 1. The van der Waals surface area contributed by atoms with E-state index in [4.69, 9.17) is 4.42 Å². The van der Waals surface area contributed by atoms with Crippen molar-refractivity contribution in [1.29, 1.82) is 0 Å². The second kappa shape index (κ2) is 11.8. The summed E-state index contributed by atoms with van der Waals surface area (Å²) in [5.41, 5.74) is 4.42. The predicted octanol–water partition coefficient (Wildman–Crippen LogP) is 5.50. The van der Waals surface area contributed by atoms with Gasteiger partial charge in [-0.1, -0.05) is 51.5 Å². The maximum absolute atomic E-state index is 12.8. The maximum atomic E-state index is 12.8. The molecule has 2 amide bonds. The van der Waals surface area contributed by atoms with Gasteiger partial charge < -0.3 is 19.5 Å². The molecule has 1 N–H and O–H groups in total. The number of hydrogen-bond acceptors (Lipinski definition) is 7. The van der Waals surface area contributed by atoms with Crippen LogP contribution < -0.4 is 10.2 Å². The highest BCUT2D eigenvalue weighted by Gasteiger charge is 2.22. The molecule has 0 bridgehead atoms. The number of piperazine rings is 1. The van der Waals surface area contributed by atoms with Crippen molar-refractivity contribution < 1.29 is 14.0 Å². The SMILES string of the molecule is Cc1cccc(-c2nnc(SCC(=O)Nc3ccc(N4CCN(C(=O)c5cccc(Br)c5)CC4)cc3)o2)c1. The fourth-order valence-corrected chi connectivity index (χ4v) is 5.18. The van der Waals surface area contributed by atoms with Crippen molar-refractivity contribution in [2.24, 2.45) is 0 Å². The number of carbonyl (C=O) groups is 2. The van der Waals surface area contributed by atoms with Gasteiger partial charge in [0.05, 0.1) is 5.75 Å². The minimum Gasteiger partial charge on any atom is -0.411 e. The molecule has 1 saturated heterocycles. The molecule has 1 aromatic heterocycles. The Labute approximate surface area is 233 Å². The molecule has 1 aliphatic heterocycles. The first-order chi connectivity index (χ1) is 18.4. The van der Waals surface area contributed by atoms with E-state index >= 15 is 0 Å². The zero-order valence-corrected chi connectivity index (χ0v) is 23.2. The number of aromatic nitrogens is 2. The Balaban J connectivity index is 1.09. The average molecular weight is 593 g/mol. The number of rotatable bonds is 7. The molecule has 1 aliphatic rings. The van der Waals surface area contributed by atoms with E-state index in [1.807, 2.05) is 84.6 Å². The molecule has 0 unspecified atom stereocenters. The topological polar surface area (TPSA) is 91.6 Å². The fraction of sp³-hybridized carbons (Fsp3) is 0.214. The van der Waals surface area contributed by atoms with E-state index < -0.39 is 0 Å². The second-order valence-electron chi connectivity index (χ2n) is 8.92. The van der Waals surface area contributed by atoms with E-state index in [1.165, 1.54) is 11.8 Å². The van der Waals surface area contributed by atoms with Gasteiger partial charge in [0.25, 0.3) is 11.1 Å². The van der Waals surface area contributed by atoms with Crippen LogP contribution >= 0.6 is 27.7 Å². The van der Waals surface area contributed by atoms with Crippen molar-refractivity contribution in [3.63, 3.8) is 0 Å². The molecule has 0 radical (unpaired) electrons. The standard InChI is InChI=1S/C28H26BrN5O3S/c1-19-4-2-5-20(16-19)26-31-32-28(37-26)38-18-25(35)30-23-8-10-24(11-9-23)33-12-14-34(15-13-33)27(36)21-6-3-7-22(29)17-21/h2-11,16-17H,12-15,18H2,1H3,(H,30,35). The van der Waals surface area contributed by atoms with Crippen LogP contribution in [-0.2, 0) is 4.79 Å². The maximum Gasteiger partial charge on any atom is 0.277 e. The normalized spacial score (nSPS) is 13.4. The van der Waals surface area contributed by atoms with Crippen LogP contribution in [0.4, 0.5) is 11.4 Å². The molecule has 194 valence electrons. The summed E-state index contributed by atoms with van der Waals surface area (Å²) in [5.74, 6) is 0.489. The lowest BCUT2D eigenvalue weighted by Gasteiger charge is -2.36. The summed E-state index contributed by atoms with van der Waals surface area (Å²) in [6.07, 6.45) is 0. The lowest BCUT2D eigenvalue weighted by Crippen LogP contribution is -2.48. The number of aryl methyl sites for hydroxylation is 1. The summed E-state index contributed by atoms with van der Waals surface area (Å²) in [4.78, 5) is 29.4. The van der Waals surface area contributed by atoms with Crippen molar-refractivity contribution in [2.75, 3.05) is 42.1 Å². The van der Waals surface area contributed by atoms with E-state index in [0.717, 1.165) is 34.4 Å². The molecule has 0 saturated carbocycles. The van der Waals surface area contributed by atoms with Crippen LogP contribution in [0.2, 0.25) is 0 Å². The summed E-state index contributed by atoms with van der Waals surface area (Å²) in [5, 5.41) is 11.4. The zero-order chi connectivity index (χ0) is 26.5. The van der Waals surface area contributed by atoms with Crippen LogP contribution in [0.5, 0.6) is 0 Å². The van der Waals surface area contributed by atoms with Gasteiger partial charge in [0.2, 0.25) is 11.8 Å². The van der Waals surface area contributed by atoms with Crippen LogP contribution in [0.3, 0.4) is 0 Å². The van der Waals surface area contributed by atoms with Crippen LogP contribution in [0.1, 0.15) is 15.9 Å². The summed E-state index contributed by atoms with van der Waals surface area (Å²) in [6, 6.07) is 23.1. The molecule has 0 aliphatic carbocycles. The highest BCUT2D eigenvalue weighted by molar-refractivity contribution is 9.10. The minimum absolute atomic E-state index is 0.0498. The number of anilines is 2. The van der Waals surface area contributed by atoms with Crippen molar-refractivity contribution in [3.8, 4) is 11.5 Å².